The van der Waals surface area contributed by atoms with Gasteiger partial charge in [-0.2, -0.15) is 0 Å². The summed E-state index contributed by atoms with van der Waals surface area (Å²) < 4.78 is 5.03. The van der Waals surface area contributed by atoms with E-state index in [1.807, 2.05) is 6.92 Å². The van der Waals surface area contributed by atoms with Crippen LogP contribution >= 0.6 is 11.3 Å². The van der Waals surface area contributed by atoms with E-state index in [-0.39, 0.29) is 29.0 Å². The number of methoxy groups -OCH3 is 1. The zero-order chi connectivity index (χ0) is 15.4. The summed E-state index contributed by atoms with van der Waals surface area (Å²) in [7, 11) is 1.59. The summed E-state index contributed by atoms with van der Waals surface area (Å²) in [6, 6.07) is -0.0295. The molecule has 1 rings (SSSR count). The maximum atomic E-state index is 12.1. The molecule has 0 aliphatic rings. The first-order chi connectivity index (χ1) is 9.29. The lowest BCUT2D eigenvalue weighted by Crippen LogP contribution is -2.22. The van der Waals surface area contributed by atoms with Gasteiger partial charge in [0, 0.05) is 19.1 Å². The number of nitrogens with one attached hydrogen (secondary N) is 1. The highest BCUT2D eigenvalue weighted by atomic mass is 32.1. The second kappa shape index (κ2) is 6.71. The molecule has 1 aromatic rings. The van der Waals surface area contributed by atoms with E-state index in [4.69, 9.17) is 16.2 Å². The summed E-state index contributed by atoms with van der Waals surface area (Å²) in [5, 5.41) is 3.63. The predicted molar refractivity (Wildman–Crippen MR) is 81.4 cm³/mol. The van der Waals surface area contributed by atoms with Crippen LogP contribution in [-0.4, -0.2) is 31.4 Å². The summed E-state index contributed by atoms with van der Waals surface area (Å²) in [4.78, 5) is 24.0. The maximum Gasteiger partial charge on any atom is 0.253 e. The number of nitrogens with two attached hydrogens (primary N) is 2. The molecule has 1 unspecified atom stereocenters. The molecule has 1 atom stereocenters. The number of amides is 1. The number of primary amides is 1. The lowest BCUT2D eigenvalue weighted by Gasteiger charge is -2.13. The SMILES string of the molecule is COCC(C)Nc1sc(C(=O)C(C)C)c(N)c1C(N)=O. The number of anilines is 2. The van der Waals surface area contributed by atoms with E-state index in [9.17, 15) is 9.59 Å². The fraction of sp³-hybridized carbons (Fsp3) is 0.538. The summed E-state index contributed by atoms with van der Waals surface area (Å²) in [6.45, 7) is 5.93. The van der Waals surface area contributed by atoms with E-state index < -0.39 is 5.91 Å². The normalized spacial score (nSPS) is 12.4. The third kappa shape index (κ3) is 3.49. The van der Waals surface area contributed by atoms with Crippen LogP contribution in [0.3, 0.4) is 0 Å². The number of carbonyl (C=O) groups excluding carboxylic acids is 2. The standard InChI is InChI=1S/C13H21N3O3S/c1-6(2)10(17)11-9(14)8(12(15)18)13(20-11)16-7(3)5-19-4/h6-7,16H,5,14H2,1-4H3,(H2,15,18). The van der Waals surface area contributed by atoms with Gasteiger partial charge in [-0.1, -0.05) is 13.8 Å². The monoisotopic (exact) mass is 299 g/mol. The van der Waals surface area contributed by atoms with Crippen molar-refractivity contribution in [2.45, 2.75) is 26.8 Å². The number of hydrogen-bond donors (Lipinski definition) is 3. The van der Waals surface area contributed by atoms with E-state index >= 15 is 0 Å². The quantitative estimate of drug-likeness (QED) is 0.664. The van der Waals surface area contributed by atoms with Crippen molar-refractivity contribution in [3.8, 4) is 0 Å². The number of ether oxygens (including phenoxy) is 1. The molecule has 0 aromatic carbocycles. The zero-order valence-corrected chi connectivity index (χ0v) is 13.0. The first kappa shape index (κ1) is 16.5. The Labute approximate surface area is 122 Å². The number of Topliss-reactive ketones (excluding diaryl/α,β-unsaturated/α-hetero) is 1. The van der Waals surface area contributed by atoms with Crippen LogP contribution in [-0.2, 0) is 4.74 Å². The summed E-state index contributed by atoms with van der Waals surface area (Å²) in [5.41, 5.74) is 11.6. The highest BCUT2D eigenvalue weighted by molar-refractivity contribution is 7.19. The molecule has 5 N–H and O–H groups in total. The number of nitrogen functional groups attached to an aromatic ring is 1. The van der Waals surface area contributed by atoms with E-state index in [2.05, 4.69) is 5.32 Å². The predicted octanol–water partition coefficient (Wildman–Crippen LogP) is 1.71. The number of ketones is 1. The molecule has 0 fully saturated rings. The van der Waals surface area contributed by atoms with Gasteiger partial charge in [0.15, 0.2) is 5.78 Å². The van der Waals surface area contributed by atoms with Crippen LogP contribution in [0.2, 0.25) is 0 Å². The van der Waals surface area contributed by atoms with Gasteiger partial charge in [-0.3, -0.25) is 9.59 Å². The topological polar surface area (TPSA) is 107 Å². The highest BCUT2D eigenvalue weighted by Crippen LogP contribution is 2.37. The molecular formula is C13H21N3O3S. The molecule has 0 spiro atoms. The Hall–Kier alpha value is -1.60. The fourth-order valence-electron chi connectivity index (χ4n) is 1.75. The van der Waals surface area contributed by atoms with Gasteiger partial charge < -0.3 is 21.5 Å². The minimum Gasteiger partial charge on any atom is -0.397 e. The van der Waals surface area contributed by atoms with Gasteiger partial charge in [-0.25, -0.2) is 0 Å². The maximum absolute atomic E-state index is 12.1. The lowest BCUT2D eigenvalue weighted by atomic mass is 10.1. The van der Waals surface area contributed by atoms with Crippen LogP contribution < -0.4 is 16.8 Å². The first-order valence-electron chi connectivity index (χ1n) is 6.31. The molecule has 112 valence electrons. The van der Waals surface area contributed by atoms with Crippen molar-refractivity contribution < 1.29 is 14.3 Å². The van der Waals surface area contributed by atoms with Crippen LogP contribution in [0.4, 0.5) is 10.7 Å². The van der Waals surface area contributed by atoms with Crippen LogP contribution in [0.25, 0.3) is 0 Å². The average molecular weight is 299 g/mol. The minimum atomic E-state index is -0.645. The molecule has 1 amide bonds. The summed E-state index contributed by atoms with van der Waals surface area (Å²) in [6.07, 6.45) is 0. The average Bonchev–Trinajstić information content (AvgIpc) is 2.65. The Morgan fingerprint density at radius 1 is 1.35 bits per heavy atom. The van der Waals surface area contributed by atoms with E-state index in [1.165, 1.54) is 0 Å². The van der Waals surface area contributed by atoms with E-state index in [1.54, 1.807) is 21.0 Å². The van der Waals surface area contributed by atoms with Crippen LogP contribution in [0.1, 0.15) is 40.8 Å². The second-order valence-corrected chi connectivity index (χ2v) is 5.95. The highest BCUT2D eigenvalue weighted by Gasteiger charge is 2.26. The van der Waals surface area contributed by atoms with Crippen LogP contribution in [0.15, 0.2) is 0 Å². The summed E-state index contributed by atoms with van der Waals surface area (Å²) in [5.74, 6) is -0.933. The van der Waals surface area contributed by atoms with Crippen LogP contribution in [0, 0.1) is 5.92 Å². The van der Waals surface area contributed by atoms with Gasteiger partial charge in [-0.15, -0.1) is 11.3 Å². The number of hydrogen-bond acceptors (Lipinski definition) is 6. The van der Waals surface area contributed by atoms with Gasteiger partial charge in [0.1, 0.15) is 5.00 Å². The van der Waals surface area contributed by atoms with Crippen molar-refractivity contribution in [3.63, 3.8) is 0 Å². The van der Waals surface area contributed by atoms with Crippen molar-refractivity contribution >= 4 is 33.7 Å². The third-order valence-electron chi connectivity index (χ3n) is 2.73. The molecule has 20 heavy (non-hydrogen) atoms. The molecule has 0 saturated heterocycles. The van der Waals surface area contributed by atoms with Gasteiger partial charge in [0.25, 0.3) is 5.91 Å². The van der Waals surface area contributed by atoms with Crippen LogP contribution in [0.5, 0.6) is 0 Å². The lowest BCUT2D eigenvalue weighted by molar-refractivity contribution is 0.0944. The third-order valence-corrected chi connectivity index (χ3v) is 3.89. The number of rotatable bonds is 7. The Morgan fingerprint density at radius 2 is 1.95 bits per heavy atom. The summed E-state index contributed by atoms with van der Waals surface area (Å²) >= 11 is 1.16. The number of carbonyl (C=O) groups is 2. The van der Waals surface area contributed by atoms with Gasteiger partial charge in [-0.05, 0) is 6.92 Å². The van der Waals surface area contributed by atoms with Crippen molar-refractivity contribution in [2.75, 3.05) is 24.8 Å². The zero-order valence-electron chi connectivity index (χ0n) is 12.1. The Morgan fingerprint density at radius 3 is 2.40 bits per heavy atom. The Kier molecular flexibility index (Phi) is 5.52. The van der Waals surface area contributed by atoms with E-state index in [0.29, 0.717) is 16.5 Å². The van der Waals surface area contributed by atoms with E-state index in [0.717, 1.165) is 11.3 Å². The minimum absolute atomic E-state index is 0.0295. The molecule has 6 nitrogen and oxygen atoms in total. The molecule has 0 saturated carbocycles. The van der Waals surface area contributed by atoms with Gasteiger partial charge in [0.05, 0.1) is 22.7 Å². The van der Waals surface area contributed by atoms with Crippen molar-refractivity contribution in [1.29, 1.82) is 0 Å². The first-order valence-corrected chi connectivity index (χ1v) is 7.12. The Bertz CT molecular complexity index is 511. The largest absolute Gasteiger partial charge is 0.397 e. The van der Waals surface area contributed by atoms with Crippen molar-refractivity contribution in [3.05, 3.63) is 10.4 Å². The van der Waals surface area contributed by atoms with Gasteiger partial charge >= 0.3 is 0 Å². The fourth-order valence-corrected chi connectivity index (χ4v) is 3.08. The molecule has 0 aliphatic carbocycles. The van der Waals surface area contributed by atoms with Crippen molar-refractivity contribution in [2.24, 2.45) is 11.7 Å². The molecule has 1 aromatic heterocycles. The smallest absolute Gasteiger partial charge is 0.253 e. The molecule has 0 bridgehead atoms. The number of thiophene rings is 1. The second-order valence-electron chi connectivity index (χ2n) is 4.93. The van der Waals surface area contributed by atoms with Gasteiger partial charge in [0.2, 0.25) is 0 Å². The molecule has 0 radical (unpaired) electrons. The molecule has 7 heteroatoms. The molecule has 1 heterocycles. The molecular weight excluding hydrogens is 278 g/mol. The Balaban J connectivity index is 3.20. The molecule has 0 aliphatic heterocycles. The van der Waals surface area contributed by atoms with Crippen molar-refractivity contribution in [1.82, 2.24) is 0 Å².